The molecule has 0 aliphatic carbocycles. The molecule has 7 heteroatoms. The normalized spacial score (nSPS) is 20.0. The first-order chi connectivity index (χ1) is 13.1. The van der Waals surface area contributed by atoms with Crippen LogP contribution in [0.1, 0.15) is 24.1 Å². The van der Waals surface area contributed by atoms with Crippen molar-refractivity contribution in [2.24, 2.45) is 5.92 Å². The zero-order chi connectivity index (χ0) is 18.8. The Morgan fingerprint density at radius 2 is 2.15 bits per heavy atom. The summed E-state index contributed by atoms with van der Waals surface area (Å²) in [4.78, 5) is 25.6. The van der Waals surface area contributed by atoms with Gasteiger partial charge in [-0.3, -0.25) is 9.78 Å². The van der Waals surface area contributed by atoms with Crippen LogP contribution in [-0.2, 0) is 11.2 Å². The number of aliphatic hydroxyl groups is 1. The molecule has 1 aromatic heterocycles. The van der Waals surface area contributed by atoms with Crippen LogP contribution in [0.5, 0.6) is 0 Å². The van der Waals surface area contributed by atoms with Gasteiger partial charge in [-0.2, -0.15) is 0 Å². The molecule has 1 atom stereocenters. The van der Waals surface area contributed by atoms with Crippen LogP contribution in [0.15, 0.2) is 36.7 Å². The number of rotatable bonds is 5. The summed E-state index contributed by atoms with van der Waals surface area (Å²) in [5, 5.41) is 10.1. The van der Waals surface area contributed by atoms with Gasteiger partial charge in [0.25, 0.3) is 0 Å². The van der Waals surface area contributed by atoms with Crippen LogP contribution in [0.2, 0.25) is 5.02 Å². The Labute approximate surface area is 163 Å². The Bertz CT molecular complexity index is 825. The van der Waals surface area contributed by atoms with Gasteiger partial charge in [0.15, 0.2) is 0 Å². The second kappa shape index (κ2) is 7.82. The summed E-state index contributed by atoms with van der Waals surface area (Å²) in [7, 11) is 0. The second-order valence-corrected chi connectivity index (χ2v) is 7.72. The maximum Gasteiger partial charge on any atom is 0.229 e. The number of carbonyl (C=O) groups excluding carboxylic acids is 1. The summed E-state index contributed by atoms with van der Waals surface area (Å²) >= 11 is 6.05. The highest BCUT2D eigenvalue weighted by Crippen LogP contribution is 2.27. The van der Waals surface area contributed by atoms with E-state index in [4.69, 9.17) is 16.6 Å². The van der Waals surface area contributed by atoms with Crippen molar-refractivity contribution in [1.82, 2.24) is 14.9 Å². The van der Waals surface area contributed by atoms with Gasteiger partial charge in [-0.15, -0.1) is 0 Å². The van der Waals surface area contributed by atoms with E-state index in [1.807, 2.05) is 29.2 Å². The lowest BCUT2D eigenvalue weighted by molar-refractivity contribution is -0.137. The van der Waals surface area contributed by atoms with E-state index in [-0.39, 0.29) is 24.5 Å². The first kappa shape index (κ1) is 18.2. The number of anilines is 1. The van der Waals surface area contributed by atoms with Crippen LogP contribution in [0.25, 0.3) is 0 Å². The molecule has 0 radical (unpaired) electrons. The zero-order valence-corrected chi connectivity index (χ0v) is 15.8. The largest absolute Gasteiger partial charge is 0.394 e. The minimum Gasteiger partial charge on any atom is -0.394 e. The molecule has 1 aromatic carbocycles. The SMILES string of the molecule is O=C(C1CN(c2cncc(Cc3cccc(Cl)c3)n2)C1)N1CCC[C@@H]1CO. The number of hydrogen-bond acceptors (Lipinski definition) is 5. The number of carbonyl (C=O) groups is 1. The fourth-order valence-corrected chi connectivity index (χ4v) is 4.07. The van der Waals surface area contributed by atoms with E-state index in [1.54, 1.807) is 12.4 Å². The van der Waals surface area contributed by atoms with E-state index in [0.717, 1.165) is 36.5 Å². The number of nitrogens with zero attached hydrogens (tertiary/aromatic N) is 4. The molecule has 0 saturated carbocycles. The monoisotopic (exact) mass is 386 g/mol. The Morgan fingerprint density at radius 3 is 2.93 bits per heavy atom. The summed E-state index contributed by atoms with van der Waals surface area (Å²) < 4.78 is 0. The molecule has 27 heavy (non-hydrogen) atoms. The molecule has 0 unspecified atom stereocenters. The maximum atomic E-state index is 12.7. The molecule has 1 amide bonds. The third-order valence-corrected chi connectivity index (χ3v) is 5.61. The minimum atomic E-state index is -0.0180. The lowest BCUT2D eigenvalue weighted by Crippen LogP contribution is -2.56. The molecule has 4 rings (SSSR count). The van der Waals surface area contributed by atoms with E-state index in [2.05, 4.69) is 9.88 Å². The highest BCUT2D eigenvalue weighted by molar-refractivity contribution is 6.30. The molecule has 142 valence electrons. The first-order valence-electron chi connectivity index (χ1n) is 9.35. The summed E-state index contributed by atoms with van der Waals surface area (Å²) in [6.45, 7) is 2.13. The van der Waals surface area contributed by atoms with Gasteiger partial charge in [-0.25, -0.2) is 4.98 Å². The fourth-order valence-electron chi connectivity index (χ4n) is 3.86. The van der Waals surface area contributed by atoms with Crippen molar-refractivity contribution in [1.29, 1.82) is 0 Å². The number of aromatic nitrogens is 2. The number of aliphatic hydroxyl groups excluding tert-OH is 1. The molecule has 2 aliphatic rings. The van der Waals surface area contributed by atoms with E-state index in [9.17, 15) is 9.90 Å². The van der Waals surface area contributed by atoms with Crippen LogP contribution >= 0.6 is 11.6 Å². The van der Waals surface area contributed by atoms with Gasteiger partial charge < -0.3 is 14.9 Å². The van der Waals surface area contributed by atoms with Crippen molar-refractivity contribution in [2.75, 3.05) is 31.1 Å². The number of hydrogen-bond donors (Lipinski definition) is 1. The van der Waals surface area contributed by atoms with Crippen LogP contribution in [0.4, 0.5) is 5.82 Å². The van der Waals surface area contributed by atoms with E-state index in [0.29, 0.717) is 24.5 Å². The third-order valence-electron chi connectivity index (χ3n) is 5.37. The van der Waals surface area contributed by atoms with Crippen LogP contribution in [0, 0.1) is 5.92 Å². The van der Waals surface area contributed by atoms with Crippen LogP contribution in [-0.4, -0.2) is 58.2 Å². The van der Waals surface area contributed by atoms with Crippen molar-refractivity contribution in [3.8, 4) is 0 Å². The Balaban J connectivity index is 1.37. The van der Waals surface area contributed by atoms with Gasteiger partial charge in [0.05, 0.1) is 30.5 Å². The highest BCUT2D eigenvalue weighted by Gasteiger charge is 2.39. The summed E-state index contributed by atoms with van der Waals surface area (Å²) in [6.07, 6.45) is 6.06. The first-order valence-corrected chi connectivity index (χ1v) is 9.73. The van der Waals surface area contributed by atoms with Gasteiger partial charge in [0.1, 0.15) is 5.82 Å². The van der Waals surface area contributed by atoms with Gasteiger partial charge >= 0.3 is 0 Å². The van der Waals surface area contributed by atoms with Gasteiger partial charge in [0.2, 0.25) is 5.91 Å². The van der Waals surface area contributed by atoms with Crippen molar-refractivity contribution in [3.63, 3.8) is 0 Å². The molecule has 2 aliphatic heterocycles. The van der Waals surface area contributed by atoms with Crippen LogP contribution in [0.3, 0.4) is 0 Å². The molecule has 0 spiro atoms. The number of halogens is 1. The average Bonchev–Trinajstić information content (AvgIpc) is 3.09. The Hall–Kier alpha value is -2.18. The predicted octanol–water partition coefficient (Wildman–Crippen LogP) is 2.14. The lowest BCUT2D eigenvalue weighted by Gasteiger charge is -2.41. The highest BCUT2D eigenvalue weighted by atomic mass is 35.5. The lowest BCUT2D eigenvalue weighted by atomic mass is 9.98. The van der Waals surface area contributed by atoms with Gasteiger partial charge in [-0.1, -0.05) is 23.7 Å². The predicted molar refractivity (Wildman–Crippen MR) is 104 cm³/mol. The molecule has 0 bridgehead atoms. The summed E-state index contributed by atoms with van der Waals surface area (Å²) in [6, 6.07) is 7.73. The molecule has 2 aromatic rings. The van der Waals surface area contributed by atoms with Gasteiger partial charge in [0, 0.05) is 37.3 Å². The van der Waals surface area contributed by atoms with E-state index in [1.165, 1.54) is 0 Å². The molecule has 2 fully saturated rings. The zero-order valence-electron chi connectivity index (χ0n) is 15.1. The maximum absolute atomic E-state index is 12.7. The third kappa shape index (κ3) is 3.92. The molecule has 2 saturated heterocycles. The van der Waals surface area contributed by atoms with E-state index >= 15 is 0 Å². The van der Waals surface area contributed by atoms with Crippen molar-refractivity contribution < 1.29 is 9.90 Å². The van der Waals surface area contributed by atoms with Gasteiger partial charge in [-0.05, 0) is 30.5 Å². The van der Waals surface area contributed by atoms with Crippen molar-refractivity contribution >= 4 is 23.3 Å². The quantitative estimate of drug-likeness (QED) is 0.852. The smallest absolute Gasteiger partial charge is 0.229 e. The van der Waals surface area contributed by atoms with E-state index < -0.39 is 0 Å². The topological polar surface area (TPSA) is 69.6 Å². The molecular weight excluding hydrogens is 364 g/mol. The molecule has 3 heterocycles. The minimum absolute atomic E-state index is 0.00707. The summed E-state index contributed by atoms with van der Waals surface area (Å²) in [5.74, 6) is 0.945. The number of amides is 1. The Morgan fingerprint density at radius 1 is 1.30 bits per heavy atom. The Kier molecular flexibility index (Phi) is 5.27. The number of benzene rings is 1. The molecule has 1 N–H and O–H groups in total. The van der Waals surface area contributed by atoms with Crippen molar-refractivity contribution in [2.45, 2.75) is 25.3 Å². The fraction of sp³-hybridized carbons (Fsp3) is 0.450. The second-order valence-electron chi connectivity index (χ2n) is 7.29. The average molecular weight is 387 g/mol. The summed E-state index contributed by atoms with van der Waals surface area (Å²) in [5.41, 5.74) is 1.97. The number of likely N-dealkylation sites (tertiary alicyclic amines) is 1. The molecule has 6 nitrogen and oxygen atoms in total. The van der Waals surface area contributed by atoms with Crippen LogP contribution < -0.4 is 4.90 Å². The van der Waals surface area contributed by atoms with Crippen molar-refractivity contribution in [3.05, 3.63) is 52.9 Å². The standard InChI is InChI=1S/C20H23ClN4O2/c21-16-4-1-3-14(7-16)8-17-9-22-10-19(23-17)24-11-15(12-24)20(27)25-6-2-5-18(25)13-26/h1,3-4,7,9-10,15,18,26H,2,5-6,8,11-13H2/t18-/m1/s1. The molecular formula is C20H23ClN4O2.